The third-order valence-electron chi connectivity index (χ3n) is 2.12. The lowest BCUT2D eigenvalue weighted by Gasteiger charge is -2.04. The molecule has 0 amide bonds. The number of aryl methyl sites for hydroxylation is 1. The van der Waals surface area contributed by atoms with E-state index in [0.29, 0.717) is 5.89 Å². The summed E-state index contributed by atoms with van der Waals surface area (Å²) < 4.78 is 5.15. The highest BCUT2D eigenvalue weighted by molar-refractivity contribution is 4.91. The molecule has 1 unspecified atom stereocenters. The molecule has 0 aromatic carbocycles. The van der Waals surface area contributed by atoms with Crippen molar-refractivity contribution in [3.05, 3.63) is 11.7 Å². The van der Waals surface area contributed by atoms with Gasteiger partial charge in [-0.3, -0.25) is 0 Å². The smallest absolute Gasteiger partial charge is 0.243 e. The largest absolute Gasteiger partial charge is 0.338 e. The normalized spacial score (nSPS) is 13.1. The van der Waals surface area contributed by atoms with Crippen LogP contribution in [-0.2, 0) is 6.42 Å². The van der Waals surface area contributed by atoms with Crippen LogP contribution in [0.5, 0.6) is 0 Å². The number of nitrogens with one attached hydrogen (secondary N) is 1. The van der Waals surface area contributed by atoms with Gasteiger partial charge in [-0.05, 0) is 19.9 Å². The van der Waals surface area contributed by atoms with E-state index in [1.54, 1.807) is 0 Å². The summed E-state index contributed by atoms with van der Waals surface area (Å²) in [6.07, 6.45) is 3.19. The van der Waals surface area contributed by atoms with Crippen LogP contribution in [0, 0.1) is 0 Å². The van der Waals surface area contributed by atoms with Crippen LogP contribution < -0.4 is 5.32 Å². The fourth-order valence-corrected chi connectivity index (χ4v) is 1.27. The van der Waals surface area contributed by atoms with Crippen molar-refractivity contribution >= 4 is 0 Å². The van der Waals surface area contributed by atoms with E-state index in [1.165, 1.54) is 0 Å². The Balaban J connectivity index is 2.49. The lowest BCUT2D eigenvalue weighted by molar-refractivity contribution is 0.338. The predicted molar refractivity (Wildman–Crippen MR) is 55.0 cm³/mol. The Morgan fingerprint density at radius 3 is 2.86 bits per heavy atom. The first-order chi connectivity index (χ1) is 6.77. The van der Waals surface area contributed by atoms with Crippen molar-refractivity contribution in [1.82, 2.24) is 15.5 Å². The molecule has 1 aromatic heterocycles. The van der Waals surface area contributed by atoms with Gasteiger partial charge in [-0.25, -0.2) is 0 Å². The summed E-state index contributed by atoms with van der Waals surface area (Å²) in [7, 11) is 0. The molecular weight excluding hydrogens is 178 g/mol. The van der Waals surface area contributed by atoms with Gasteiger partial charge in [0.05, 0.1) is 6.04 Å². The Morgan fingerprint density at radius 2 is 2.21 bits per heavy atom. The molecule has 0 aliphatic rings. The van der Waals surface area contributed by atoms with Crippen LogP contribution in [0.2, 0.25) is 0 Å². The van der Waals surface area contributed by atoms with Crippen LogP contribution in [0.25, 0.3) is 0 Å². The zero-order chi connectivity index (χ0) is 10.4. The molecule has 0 saturated heterocycles. The number of nitrogens with zero attached hydrogens (tertiary/aromatic N) is 2. The van der Waals surface area contributed by atoms with Crippen molar-refractivity contribution < 1.29 is 4.52 Å². The summed E-state index contributed by atoms with van der Waals surface area (Å²) in [6.45, 7) is 7.15. The van der Waals surface area contributed by atoms with Gasteiger partial charge in [0.15, 0.2) is 5.82 Å². The second-order valence-electron chi connectivity index (χ2n) is 3.43. The van der Waals surface area contributed by atoms with Gasteiger partial charge in [-0.15, -0.1) is 0 Å². The zero-order valence-corrected chi connectivity index (χ0v) is 9.21. The van der Waals surface area contributed by atoms with Gasteiger partial charge in [0.25, 0.3) is 0 Å². The first-order valence-electron chi connectivity index (χ1n) is 5.33. The van der Waals surface area contributed by atoms with E-state index in [1.807, 2.05) is 6.92 Å². The monoisotopic (exact) mass is 197 g/mol. The molecule has 0 saturated carbocycles. The molecule has 0 spiro atoms. The molecule has 1 rings (SSSR count). The fraction of sp³-hybridized carbons (Fsp3) is 0.800. The van der Waals surface area contributed by atoms with Gasteiger partial charge in [-0.2, -0.15) is 4.98 Å². The Hall–Kier alpha value is -0.900. The number of unbranched alkanes of at least 4 members (excludes halogenated alkanes) is 1. The lowest BCUT2D eigenvalue weighted by Crippen LogP contribution is -2.17. The number of rotatable bonds is 6. The molecule has 0 fully saturated rings. The molecule has 4 heteroatoms. The molecule has 1 aromatic rings. The van der Waals surface area contributed by atoms with Crippen LogP contribution in [0.3, 0.4) is 0 Å². The highest BCUT2D eigenvalue weighted by Gasteiger charge is 2.12. The van der Waals surface area contributed by atoms with Gasteiger partial charge < -0.3 is 9.84 Å². The molecule has 14 heavy (non-hydrogen) atoms. The van der Waals surface area contributed by atoms with Gasteiger partial charge in [0.2, 0.25) is 5.89 Å². The van der Waals surface area contributed by atoms with Crippen LogP contribution in [0.1, 0.15) is 51.4 Å². The van der Waals surface area contributed by atoms with Crippen LogP contribution in [0.4, 0.5) is 0 Å². The molecule has 0 bridgehead atoms. The van der Waals surface area contributed by atoms with Crippen molar-refractivity contribution in [2.24, 2.45) is 0 Å². The van der Waals surface area contributed by atoms with E-state index >= 15 is 0 Å². The van der Waals surface area contributed by atoms with E-state index in [2.05, 4.69) is 29.3 Å². The zero-order valence-electron chi connectivity index (χ0n) is 9.21. The molecule has 0 radical (unpaired) electrons. The highest BCUT2D eigenvalue weighted by atomic mass is 16.5. The molecule has 1 heterocycles. The third kappa shape index (κ3) is 3.10. The van der Waals surface area contributed by atoms with Crippen molar-refractivity contribution in [3.8, 4) is 0 Å². The van der Waals surface area contributed by atoms with Crippen LogP contribution in [0.15, 0.2) is 4.52 Å². The summed E-state index contributed by atoms with van der Waals surface area (Å²) in [5.74, 6) is 1.52. The fourth-order valence-electron chi connectivity index (χ4n) is 1.27. The summed E-state index contributed by atoms with van der Waals surface area (Å²) in [5.41, 5.74) is 0. The molecule has 1 N–H and O–H groups in total. The van der Waals surface area contributed by atoms with E-state index in [9.17, 15) is 0 Å². The minimum atomic E-state index is 0.155. The van der Waals surface area contributed by atoms with Gasteiger partial charge in [-0.1, -0.05) is 25.4 Å². The van der Waals surface area contributed by atoms with E-state index in [0.717, 1.165) is 31.6 Å². The Kier molecular flexibility index (Phi) is 4.59. The number of aromatic nitrogens is 2. The van der Waals surface area contributed by atoms with E-state index in [4.69, 9.17) is 4.52 Å². The minimum absolute atomic E-state index is 0.155. The second kappa shape index (κ2) is 5.75. The highest BCUT2D eigenvalue weighted by Crippen LogP contribution is 2.10. The number of hydrogen-bond acceptors (Lipinski definition) is 4. The van der Waals surface area contributed by atoms with E-state index in [-0.39, 0.29) is 6.04 Å². The summed E-state index contributed by atoms with van der Waals surface area (Å²) in [4.78, 5) is 4.33. The predicted octanol–water partition coefficient (Wildman–Crippen LogP) is 2.08. The van der Waals surface area contributed by atoms with Crippen LogP contribution in [-0.4, -0.2) is 16.7 Å². The van der Waals surface area contributed by atoms with Gasteiger partial charge in [0.1, 0.15) is 0 Å². The Bertz CT molecular complexity index is 260. The van der Waals surface area contributed by atoms with Crippen molar-refractivity contribution in [2.45, 2.75) is 46.1 Å². The standard InChI is InChI=1S/C10H19N3O/c1-4-6-7-9-12-10(14-13-9)8(3)11-5-2/h8,11H,4-7H2,1-3H3. The quantitative estimate of drug-likeness (QED) is 0.758. The Morgan fingerprint density at radius 1 is 1.43 bits per heavy atom. The van der Waals surface area contributed by atoms with Crippen LogP contribution >= 0.6 is 0 Å². The summed E-state index contributed by atoms with van der Waals surface area (Å²) >= 11 is 0. The maximum atomic E-state index is 5.15. The number of hydrogen-bond donors (Lipinski definition) is 1. The van der Waals surface area contributed by atoms with Gasteiger partial charge >= 0.3 is 0 Å². The molecule has 4 nitrogen and oxygen atoms in total. The summed E-state index contributed by atoms with van der Waals surface area (Å²) in [6, 6.07) is 0.155. The molecule has 1 atom stereocenters. The van der Waals surface area contributed by atoms with Gasteiger partial charge in [0, 0.05) is 6.42 Å². The maximum absolute atomic E-state index is 5.15. The molecule has 0 aliphatic carbocycles. The van der Waals surface area contributed by atoms with Crippen molar-refractivity contribution in [2.75, 3.05) is 6.54 Å². The molecule has 0 aliphatic heterocycles. The second-order valence-corrected chi connectivity index (χ2v) is 3.43. The average molecular weight is 197 g/mol. The van der Waals surface area contributed by atoms with E-state index < -0.39 is 0 Å². The third-order valence-corrected chi connectivity index (χ3v) is 2.12. The van der Waals surface area contributed by atoms with Crippen molar-refractivity contribution in [3.63, 3.8) is 0 Å². The first kappa shape index (κ1) is 11.2. The average Bonchev–Trinajstić information content (AvgIpc) is 2.63. The Labute approximate surface area is 85.1 Å². The summed E-state index contributed by atoms with van der Waals surface area (Å²) in [5, 5.41) is 7.17. The lowest BCUT2D eigenvalue weighted by atomic mass is 10.2. The maximum Gasteiger partial charge on any atom is 0.243 e. The van der Waals surface area contributed by atoms with Crippen molar-refractivity contribution in [1.29, 1.82) is 0 Å². The topological polar surface area (TPSA) is 51.0 Å². The SMILES string of the molecule is CCCCc1noc(C(C)NCC)n1. The molecular formula is C10H19N3O. The minimum Gasteiger partial charge on any atom is -0.338 e. The first-order valence-corrected chi connectivity index (χ1v) is 5.33. The molecule has 80 valence electrons.